The van der Waals surface area contributed by atoms with Crippen LogP contribution in [0.25, 0.3) is 0 Å². The Morgan fingerprint density at radius 3 is 1.95 bits per heavy atom. The Balaban J connectivity index is 2.32. The largest absolute Gasteiger partial charge is 0.370 e. The van der Waals surface area contributed by atoms with E-state index in [9.17, 15) is 19.2 Å². The first-order valence-corrected chi connectivity index (χ1v) is 5.98. The molecular formula is C13H13N3O4. The van der Waals surface area contributed by atoms with Gasteiger partial charge in [-0.25, -0.2) is 0 Å². The molecular weight excluding hydrogens is 262 g/mol. The third-order valence-electron chi connectivity index (χ3n) is 3.13. The second kappa shape index (κ2) is 5.12. The topological polar surface area (TPSA) is 124 Å². The van der Waals surface area contributed by atoms with Crippen LogP contribution >= 0.6 is 0 Å². The molecule has 2 rings (SSSR count). The van der Waals surface area contributed by atoms with Crippen molar-refractivity contribution in [3.05, 3.63) is 35.4 Å². The van der Waals surface area contributed by atoms with Gasteiger partial charge in [0.2, 0.25) is 11.8 Å². The van der Waals surface area contributed by atoms with Gasteiger partial charge >= 0.3 is 0 Å². The van der Waals surface area contributed by atoms with Crippen LogP contribution in [-0.2, 0) is 9.59 Å². The lowest BCUT2D eigenvalue weighted by Crippen LogP contribution is -2.48. The number of hydrogen-bond donors (Lipinski definition) is 2. The third kappa shape index (κ3) is 2.25. The number of nitrogens with zero attached hydrogens (tertiary/aromatic N) is 1. The SMILES string of the molecule is NC(=O)CCC(C(N)=O)N1C(=O)c2ccccc2C1=O. The molecule has 0 fully saturated rings. The van der Waals surface area contributed by atoms with Crippen molar-refractivity contribution in [2.45, 2.75) is 18.9 Å². The zero-order valence-electron chi connectivity index (χ0n) is 10.5. The molecule has 1 aliphatic rings. The minimum absolute atomic E-state index is 0.0733. The summed E-state index contributed by atoms with van der Waals surface area (Å²) < 4.78 is 0. The third-order valence-corrected chi connectivity index (χ3v) is 3.13. The van der Waals surface area contributed by atoms with Gasteiger partial charge < -0.3 is 11.5 Å². The van der Waals surface area contributed by atoms with Gasteiger partial charge in [0.05, 0.1) is 11.1 Å². The highest BCUT2D eigenvalue weighted by atomic mass is 16.2. The number of imide groups is 1. The first kappa shape index (κ1) is 13.7. The van der Waals surface area contributed by atoms with Gasteiger partial charge in [0.25, 0.3) is 11.8 Å². The lowest BCUT2D eigenvalue weighted by Gasteiger charge is -2.22. The monoisotopic (exact) mass is 275 g/mol. The van der Waals surface area contributed by atoms with Crippen molar-refractivity contribution in [2.75, 3.05) is 0 Å². The van der Waals surface area contributed by atoms with Gasteiger partial charge in [0.1, 0.15) is 6.04 Å². The smallest absolute Gasteiger partial charge is 0.262 e. The summed E-state index contributed by atoms with van der Waals surface area (Å²) in [6.45, 7) is 0. The van der Waals surface area contributed by atoms with Crippen LogP contribution in [0.3, 0.4) is 0 Å². The fourth-order valence-corrected chi connectivity index (χ4v) is 2.17. The summed E-state index contributed by atoms with van der Waals surface area (Å²) in [7, 11) is 0. The lowest BCUT2D eigenvalue weighted by atomic mass is 10.1. The second-order valence-corrected chi connectivity index (χ2v) is 4.45. The number of benzene rings is 1. The first-order valence-electron chi connectivity index (χ1n) is 5.98. The highest BCUT2D eigenvalue weighted by molar-refractivity contribution is 6.22. The molecule has 20 heavy (non-hydrogen) atoms. The van der Waals surface area contributed by atoms with E-state index in [2.05, 4.69) is 0 Å². The average molecular weight is 275 g/mol. The first-order chi connectivity index (χ1) is 9.43. The molecule has 0 aliphatic carbocycles. The maximum absolute atomic E-state index is 12.2. The fraction of sp³-hybridized carbons (Fsp3) is 0.231. The van der Waals surface area contributed by atoms with Crippen LogP contribution in [0.5, 0.6) is 0 Å². The molecule has 7 nitrogen and oxygen atoms in total. The summed E-state index contributed by atoms with van der Waals surface area (Å²) in [5.41, 5.74) is 10.7. The van der Waals surface area contributed by atoms with Crippen molar-refractivity contribution in [2.24, 2.45) is 11.5 Å². The van der Waals surface area contributed by atoms with Gasteiger partial charge in [-0.05, 0) is 18.6 Å². The molecule has 1 heterocycles. The van der Waals surface area contributed by atoms with Crippen LogP contribution in [0.15, 0.2) is 24.3 Å². The van der Waals surface area contributed by atoms with Gasteiger partial charge in [-0.1, -0.05) is 12.1 Å². The molecule has 1 aromatic rings. The minimum Gasteiger partial charge on any atom is -0.370 e. The Morgan fingerprint density at radius 2 is 1.55 bits per heavy atom. The predicted molar refractivity (Wildman–Crippen MR) is 68.4 cm³/mol. The number of carbonyl (C=O) groups is 4. The van der Waals surface area contributed by atoms with E-state index in [0.717, 1.165) is 4.90 Å². The molecule has 7 heteroatoms. The molecule has 1 aliphatic heterocycles. The molecule has 0 saturated heterocycles. The average Bonchev–Trinajstić information content (AvgIpc) is 2.64. The Labute approximate surface area is 114 Å². The second-order valence-electron chi connectivity index (χ2n) is 4.45. The number of rotatable bonds is 5. The Morgan fingerprint density at radius 1 is 1.05 bits per heavy atom. The van der Waals surface area contributed by atoms with Crippen molar-refractivity contribution < 1.29 is 19.2 Å². The van der Waals surface area contributed by atoms with Crippen molar-refractivity contribution in [1.82, 2.24) is 4.90 Å². The summed E-state index contributed by atoms with van der Waals surface area (Å²) in [6, 6.07) is 5.07. The van der Waals surface area contributed by atoms with Crippen molar-refractivity contribution >= 4 is 23.6 Å². The van der Waals surface area contributed by atoms with Crippen LogP contribution in [0, 0.1) is 0 Å². The van der Waals surface area contributed by atoms with Gasteiger partial charge in [0, 0.05) is 6.42 Å². The van der Waals surface area contributed by atoms with E-state index in [-0.39, 0.29) is 24.0 Å². The highest BCUT2D eigenvalue weighted by Crippen LogP contribution is 2.25. The normalized spacial score (nSPS) is 15.1. The molecule has 1 atom stereocenters. The van der Waals surface area contributed by atoms with Gasteiger partial charge in [-0.2, -0.15) is 0 Å². The van der Waals surface area contributed by atoms with Crippen LogP contribution in [0.1, 0.15) is 33.6 Å². The standard InChI is InChI=1S/C13H13N3O4/c14-10(17)6-5-9(11(15)18)16-12(19)7-3-1-2-4-8(7)13(16)20/h1-4,9H,5-6H2,(H2,14,17)(H2,15,18). The fourth-order valence-electron chi connectivity index (χ4n) is 2.17. The van der Waals surface area contributed by atoms with E-state index in [0.29, 0.717) is 0 Å². The highest BCUT2D eigenvalue weighted by Gasteiger charge is 2.41. The molecule has 4 amide bonds. The zero-order valence-corrected chi connectivity index (χ0v) is 10.5. The summed E-state index contributed by atoms with van der Waals surface area (Å²) >= 11 is 0. The Hall–Kier alpha value is -2.70. The number of carbonyl (C=O) groups excluding carboxylic acids is 4. The van der Waals surface area contributed by atoms with E-state index in [1.165, 1.54) is 12.1 Å². The number of fused-ring (bicyclic) bond motifs is 1. The number of nitrogens with two attached hydrogens (primary N) is 2. The number of amides is 4. The molecule has 1 unspecified atom stereocenters. The van der Waals surface area contributed by atoms with E-state index < -0.39 is 29.7 Å². The van der Waals surface area contributed by atoms with Crippen LogP contribution in [0.2, 0.25) is 0 Å². The quantitative estimate of drug-likeness (QED) is 0.696. The molecule has 0 saturated carbocycles. The van der Waals surface area contributed by atoms with E-state index in [1.54, 1.807) is 12.1 Å². The molecule has 1 aromatic carbocycles. The van der Waals surface area contributed by atoms with Crippen molar-refractivity contribution in [1.29, 1.82) is 0 Å². The van der Waals surface area contributed by atoms with Crippen molar-refractivity contribution in [3.8, 4) is 0 Å². The maximum atomic E-state index is 12.2. The minimum atomic E-state index is -1.17. The van der Waals surface area contributed by atoms with Gasteiger partial charge in [0.15, 0.2) is 0 Å². The van der Waals surface area contributed by atoms with E-state index >= 15 is 0 Å². The summed E-state index contributed by atoms with van der Waals surface area (Å²) in [5, 5.41) is 0. The Bertz CT molecular complexity index is 576. The molecule has 0 bridgehead atoms. The van der Waals surface area contributed by atoms with E-state index in [4.69, 9.17) is 11.5 Å². The molecule has 0 spiro atoms. The molecule has 0 radical (unpaired) electrons. The predicted octanol–water partition coefficient (Wildman–Crippen LogP) is -0.598. The molecule has 4 N–H and O–H groups in total. The van der Waals surface area contributed by atoms with Crippen LogP contribution in [-0.4, -0.2) is 34.6 Å². The summed E-state index contributed by atoms with van der Waals surface area (Å²) in [4.78, 5) is 47.4. The lowest BCUT2D eigenvalue weighted by molar-refractivity contribution is -0.122. The summed E-state index contributed by atoms with van der Waals surface area (Å²) in [5.74, 6) is -2.65. The van der Waals surface area contributed by atoms with E-state index in [1.807, 2.05) is 0 Å². The molecule has 0 aromatic heterocycles. The zero-order chi connectivity index (χ0) is 14.9. The van der Waals surface area contributed by atoms with Gasteiger partial charge in [-0.3, -0.25) is 24.1 Å². The van der Waals surface area contributed by atoms with Crippen molar-refractivity contribution in [3.63, 3.8) is 0 Å². The Kier molecular flexibility index (Phi) is 3.51. The molecule has 104 valence electrons. The summed E-state index contributed by atoms with van der Waals surface area (Å²) in [6.07, 6.45) is -0.211. The number of primary amides is 2. The van der Waals surface area contributed by atoms with Crippen LogP contribution < -0.4 is 11.5 Å². The maximum Gasteiger partial charge on any atom is 0.262 e. The number of hydrogen-bond acceptors (Lipinski definition) is 4. The van der Waals surface area contributed by atoms with Crippen LogP contribution in [0.4, 0.5) is 0 Å². The van der Waals surface area contributed by atoms with Gasteiger partial charge in [-0.15, -0.1) is 0 Å².